The van der Waals surface area contributed by atoms with Crippen LogP contribution in [-0.4, -0.2) is 59.6 Å². The van der Waals surface area contributed by atoms with Crippen LogP contribution in [0.2, 0.25) is 0 Å². The Morgan fingerprint density at radius 2 is 2.20 bits per heavy atom. The zero-order valence-electron chi connectivity index (χ0n) is 11.5. The molecule has 0 saturated carbocycles. The van der Waals surface area contributed by atoms with E-state index in [1.165, 1.54) is 4.90 Å². The fraction of sp³-hybridized carbons (Fsp3) is 0.462. The highest BCUT2D eigenvalue weighted by molar-refractivity contribution is 5.92. The summed E-state index contributed by atoms with van der Waals surface area (Å²) in [7, 11) is 3.31. The fourth-order valence-electron chi connectivity index (χ4n) is 2.19. The van der Waals surface area contributed by atoms with Crippen LogP contribution in [0.4, 0.5) is 5.69 Å². The number of nitrogens with zero attached hydrogens (tertiary/aromatic N) is 3. The first kappa shape index (κ1) is 14.3. The summed E-state index contributed by atoms with van der Waals surface area (Å²) >= 11 is 0. The summed E-state index contributed by atoms with van der Waals surface area (Å²) in [6.45, 7) is 0.768. The molecule has 20 heavy (non-hydrogen) atoms. The zero-order valence-corrected chi connectivity index (χ0v) is 11.5. The molecule has 1 saturated heterocycles. The maximum atomic E-state index is 11.9. The molecule has 1 amide bonds. The summed E-state index contributed by atoms with van der Waals surface area (Å²) in [5.41, 5.74) is 5.71. The first-order valence-electron chi connectivity index (χ1n) is 6.28. The van der Waals surface area contributed by atoms with Crippen LogP contribution in [0.5, 0.6) is 0 Å². The number of nitrogens with two attached hydrogens (primary N) is 1. The highest BCUT2D eigenvalue weighted by Gasteiger charge is 2.41. The van der Waals surface area contributed by atoms with Crippen LogP contribution in [0.3, 0.4) is 0 Å². The molecule has 1 unspecified atom stereocenters. The lowest BCUT2D eigenvalue weighted by Gasteiger charge is -2.22. The third kappa shape index (κ3) is 2.57. The van der Waals surface area contributed by atoms with Gasteiger partial charge in [-0.1, -0.05) is 0 Å². The number of carbonyl (C=O) groups is 2. The largest absolute Gasteiger partial charge is 0.480 e. The Balaban J connectivity index is 2.21. The average Bonchev–Trinajstić information content (AvgIpc) is 2.82. The van der Waals surface area contributed by atoms with Crippen LogP contribution in [0.15, 0.2) is 18.3 Å². The van der Waals surface area contributed by atoms with Crippen molar-refractivity contribution in [3.05, 3.63) is 24.0 Å². The van der Waals surface area contributed by atoms with Gasteiger partial charge in [-0.25, -0.2) is 0 Å². The minimum Gasteiger partial charge on any atom is -0.480 e. The van der Waals surface area contributed by atoms with E-state index in [9.17, 15) is 9.59 Å². The van der Waals surface area contributed by atoms with Gasteiger partial charge in [0.2, 0.25) is 0 Å². The summed E-state index contributed by atoms with van der Waals surface area (Å²) in [6.07, 6.45) is 1.92. The molecule has 1 fully saturated rings. The van der Waals surface area contributed by atoms with Crippen molar-refractivity contribution in [2.75, 3.05) is 32.1 Å². The molecule has 2 heterocycles. The van der Waals surface area contributed by atoms with Gasteiger partial charge in [0.15, 0.2) is 0 Å². The van der Waals surface area contributed by atoms with Gasteiger partial charge < -0.3 is 20.6 Å². The second kappa shape index (κ2) is 5.09. The Morgan fingerprint density at radius 3 is 2.75 bits per heavy atom. The standard InChI is InChI=1S/C13H18N4O3/c1-16(2)11(18)10-7-9(3-5-15-10)17-6-4-13(14,8-17)12(19)20/h3,5,7H,4,6,8,14H2,1-2H3,(H,19,20). The van der Waals surface area contributed by atoms with Crippen LogP contribution < -0.4 is 10.6 Å². The molecule has 7 nitrogen and oxygen atoms in total. The third-order valence-corrected chi connectivity index (χ3v) is 3.46. The van der Waals surface area contributed by atoms with Crippen LogP contribution >= 0.6 is 0 Å². The number of rotatable bonds is 3. The molecule has 1 aliphatic rings. The molecule has 7 heteroatoms. The van der Waals surface area contributed by atoms with Crippen molar-refractivity contribution in [2.24, 2.45) is 5.73 Å². The van der Waals surface area contributed by atoms with Crippen LogP contribution in [-0.2, 0) is 4.79 Å². The first-order valence-corrected chi connectivity index (χ1v) is 6.28. The number of aromatic nitrogens is 1. The number of anilines is 1. The molecular weight excluding hydrogens is 260 g/mol. The van der Waals surface area contributed by atoms with Crippen molar-refractivity contribution in [1.29, 1.82) is 0 Å². The minimum atomic E-state index is -1.23. The van der Waals surface area contributed by atoms with Crippen molar-refractivity contribution in [3.8, 4) is 0 Å². The Hall–Kier alpha value is -2.15. The van der Waals surface area contributed by atoms with E-state index in [1.54, 1.807) is 32.4 Å². The molecule has 0 aliphatic carbocycles. The maximum Gasteiger partial charge on any atom is 0.325 e. The van der Waals surface area contributed by atoms with Gasteiger partial charge in [-0.15, -0.1) is 0 Å². The van der Waals surface area contributed by atoms with Gasteiger partial charge in [0, 0.05) is 39.1 Å². The number of carbonyl (C=O) groups excluding carboxylic acids is 1. The van der Waals surface area contributed by atoms with Gasteiger partial charge in [-0.2, -0.15) is 0 Å². The number of hydrogen-bond donors (Lipinski definition) is 2. The van der Waals surface area contributed by atoms with Crippen molar-refractivity contribution < 1.29 is 14.7 Å². The van der Waals surface area contributed by atoms with E-state index >= 15 is 0 Å². The number of aliphatic carboxylic acids is 1. The van der Waals surface area contributed by atoms with E-state index in [2.05, 4.69) is 4.98 Å². The second-order valence-electron chi connectivity index (χ2n) is 5.23. The first-order chi connectivity index (χ1) is 9.33. The lowest BCUT2D eigenvalue weighted by Crippen LogP contribution is -2.50. The van der Waals surface area contributed by atoms with Gasteiger partial charge in [-0.05, 0) is 18.6 Å². The molecule has 1 aromatic rings. The van der Waals surface area contributed by atoms with Gasteiger partial charge in [0.1, 0.15) is 11.2 Å². The average molecular weight is 278 g/mol. The molecule has 1 atom stereocenters. The van der Waals surface area contributed by atoms with Crippen LogP contribution in [0.25, 0.3) is 0 Å². The van der Waals surface area contributed by atoms with E-state index in [0.29, 0.717) is 18.7 Å². The maximum absolute atomic E-state index is 11.9. The topological polar surface area (TPSA) is 99.8 Å². The number of hydrogen-bond acceptors (Lipinski definition) is 5. The van der Waals surface area contributed by atoms with Crippen molar-refractivity contribution in [2.45, 2.75) is 12.0 Å². The molecular formula is C13H18N4O3. The predicted molar refractivity (Wildman–Crippen MR) is 73.6 cm³/mol. The molecule has 1 aromatic heterocycles. The van der Waals surface area contributed by atoms with Crippen LogP contribution in [0, 0.1) is 0 Å². The lowest BCUT2D eigenvalue weighted by atomic mass is 10.0. The van der Waals surface area contributed by atoms with E-state index in [4.69, 9.17) is 10.8 Å². The molecule has 0 aromatic carbocycles. The highest BCUT2D eigenvalue weighted by atomic mass is 16.4. The van der Waals surface area contributed by atoms with Gasteiger partial charge in [0.05, 0.1) is 0 Å². The highest BCUT2D eigenvalue weighted by Crippen LogP contribution is 2.25. The molecule has 0 bridgehead atoms. The summed E-state index contributed by atoms with van der Waals surface area (Å²) in [5, 5.41) is 9.13. The number of pyridine rings is 1. The molecule has 2 rings (SSSR count). The molecule has 1 aliphatic heterocycles. The smallest absolute Gasteiger partial charge is 0.325 e. The summed E-state index contributed by atoms with van der Waals surface area (Å²) in [5.74, 6) is -1.19. The number of carboxylic acids is 1. The van der Waals surface area contributed by atoms with Gasteiger partial charge >= 0.3 is 5.97 Å². The molecule has 3 N–H and O–H groups in total. The van der Waals surface area contributed by atoms with Crippen molar-refractivity contribution in [3.63, 3.8) is 0 Å². The van der Waals surface area contributed by atoms with Crippen molar-refractivity contribution >= 4 is 17.6 Å². The van der Waals surface area contributed by atoms with Gasteiger partial charge in [-0.3, -0.25) is 14.6 Å². The van der Waals surface area contributed by atoms with E-state index in [-0.39, 0.29) is 12.5 Å². The Morgan fingerprint density at radius 1 is 1.50 bits per heavy atom. The normalized spacial score (nSPS) is 21.9. The third-order valence-electron chi connectivity index (χ3n) is 3.46. The Kier molecular flexibility index (Phi) is 3.63. The van der Waals surface area contributed by atoms with E-state index < -0.39 is 11.5 Å². The summed E-state index contributed by atoms with van der Waals surface area (Å²) in [6, 6.07) is 3.41. The monoisotopic (exact) mass is 278 g/mol. The molecule has 108 valence electrons. The SMILES string of the molecule is CN(C)C(=O)c1cc(N2CCC(N)(C(=O)O)C2)ccn1. The zero-order chi connectivity index (χ0) is 14.9. The molecule has 0 radical (unpaired) electrons. The minimum absolute atomic E-state index is 0.191. The number of amides is 1. The quantitative estimate of drug-likeness (QED) is 0.792. The van der Waals surface area contributed by atoms with Gasteiger partial charge in [0.25, 0.3) is 5.91 Å². The van der Waals surface area contributed by atoms with E-state index in [1.807, 2.05) is 4.90 Å². The van der Waals surface area contributed by atoms with E-state index in [0.717, 1.165) is 5.69 Å². The summed E-state index contributed by atoms with van der Waals surface area (Å²) in [4.78, 5) is 30.4. The predicted octanol–water partition coefficient (Wildman–Crippen LogP) is -0.224. The number of carboxylic acid groups (broad SMARTS) is 1. The summed E-state index contributed by atoms with van der Waals surface area (Å²) < 4.78 is 0. The lowest BCUT2D eigenvalue weighted by molar-refractivity contribution is -0.142. The van der Waals surface area contributed by atoms with Crippen LogP contribution in [0.1, 0.15) is 16.9 Å². The Bertz CT molecular complexity index is 546. The Labute approximate surface area is 117 Å². The second-order valence-corrected chi connectivity index (χ2v) is 5.23. The fourth-order valence-corrected chi connectivity index (χ4v) is 2.19. The molecule has 0 spiro atoms. The van der Waals surface area contributed by atoms with Crippen molar-refractivity contribution in [1.82, 2.24) is 9.88 Å².